The van der Waals surface area contributed by atoms with Gasteiger partial charge in [-0.2, -0.15) is 0 Å². The van der Waals surface area contributed by atoms with Gasteiger partial charge in [-0.3, -0.25) is 9.80 Å². The number of para-hydroxylation sites is 6. The molecule has 0 amide bonds. The number of ether oxygens (including phenoxy) is 1. The van der Waals surface area contributed by atoms with E-state index in [2.05, 4.69) is 155 Å². The predicted molar refractivity (Wildman–Crippen MR) is 219 cm³/mol. The van der Waals surface area contributed by atoms with Crippen LogP contribution < -0.4 is 19.4 Å². The van der Waals surface area contributed by atoms with E-state index in [9.17, 15) is 0 Å². The summed E-state index contributed by atoms with van der Waals surface area (Å²) in [7, 11) is 0. The maximum atomic E-state index is 6.34. The van der Waals surface area contributed by atoms with Gasteiger partial charge in [-0.15, -0.1) is 0 Å². The zero-order valence-corrected chi connectivity index (χ0v) is 32.0. The van der Waals surface area contributed by atoms with Crippen LogP contribution in [0.2, 0.25) is 0 Å². The smallest absolute Gasteiger partial charge is 0.199 e. The zero-order chi connectivity index (χ0) is 37.0. The molecular weight excluding hydrogens is 651 g/mol. The first-order chi connectivity index (χ1) is 25.7. The van der Waals surface area contributed by atoms with Crippen LogP contribution in [0.3, 0.4) is 0 Å². The van der Waals surface area contributed by atoms with Crippen molar-refractivity contribution >= 4 is 40.1 Å². The molecule has 2 aliphatic heterocycles. The van der Waals surface area contributed by atoms with Crippen LogP contribution in [0.15, 0.2) is 122 Å². The zero-order valence-electron chi connectivity index (χ0n) is 32.0. The highest BCUT2D eigenvalue weighted by Crippen LogP contribution is 2.57. The molecule has 2 aliphatic rings. The monoisotopic (exact) mass is 698 g/mol. The minimum absolute atomic E-state index is 0.289. The van der Waals surface area contributed by atoms with Crippen molar-refractivity contribution < 1.29 is 4.74 Å². The second-order valence-electron chi connectivity index (χ2n) is 15.3. The Morgan fingerprint density at radius 2 is 0.830 bits per heavy atom. The van der Waals surface area contributed by atoms with Gasteiger partial charge in [-0.25, -0.2) is 9.97 Å². The van der Waals surface area contributed by atoms with E-state index in [1.165, 1.54) is 33.6 Å². The second kappa shape index (κ2) is 13.7. The third kappa shape index (κ3) is 5.81. The number of rotatable bonds is 8. The van der Waals surface area contributed by atoms with E-state index < -0.39 is 0 Å². The number of hydrogen-bond donors (Lipinski definition) is 0. The molecule has 3 heterocycles. The number of aromatic nitrogens is 2. The molecule has 0 aliphatic carbocycles. The molecule has 5 aromatic carbocycles. The SMILES string of the molecule is CC(C)c1cccc(C(C)C)c1N1[C](c2ccc(N3c4ccccc4Oc4ccccc43)cc2)N(c2c(C(C)C)cccc2C(C)C)c2nccnc21. The molecular formula is C47H48N5O. The molecule has 0 unspecified atom stereocenters. The van der Waals surface area contributed by atoms with Crippen LogP contribution in [0.25, 0.3) is 0 Å². The number of fused-ring (bicyclic) bond motifs is 3. The number of nitrogens with zero attached hydrogens (tertiary/aromatic N) is 5. The molecule has 6 nitrogen and oxygen atoms in total. The fourth-order valence-electron chi connectivity index (χ4n) is 7.90. The summed E-state index contributed by atoms with van der Waals surface area (Å²) in [6.07, 6.45) is 4.69. The molecule has 8 rings (SSSR count). The maximum Gasteiger partial charge on any atom is 0.199 e. The third-order valence-electron chi connectivity index (χ3n) is 10.5. The molecule has 53 heavy (non-hydrogen) atoms. The minimum atomic E-state index is 0.289. The lowest BCUT2D eigenvalue weighted by Gasteiger charge is -2.37. The molecule has 0 saturated heterocycles. The van der Waals surface area contributed by atoms with Crippen LogP contribution in [-0.2, 0) is 0 Å². The van der Waals surface area contributed by atoms with Gasteiger partial charge in [0.2, 0.25) is 0 Å². The normalized spacial score (nSPS) is 13.9. The molecule has 6 aromatic rings. The fraction of sp³-hybridized carbons (Fsp3) is 0.255. The highest BCUT2D eigenvalue weighted by atomic mass is 16.5. The standard InChI is InChI=1S/C47H48N5O/c1-29(2)35-15-13-16-36(30(3)4)43(35)51-45-46(49-28-27-48-45)52(44-37(31(5)6)17-14-18-38(44)32(7)8)47(51)33-23-25-34(26-24-33)50-39-19-9-11-21-41(39)53-42-22-12-10-20-40(42)50/h9-32H,1-8H3. The van der Waals surface area contributed by atoms with Crippen molar-refractivity contribution in [3.63, 3.8) is 0 Å². The summed E-state index contributed by atoms with van der Waals surface area (Å²) >= 11 is 0. The van der Waals surface area contributed by atoms with E-state index >= 15 is 0 Å². The van der Waals surface area contributed by atoms with Crippen LogP contribution in [0.4, 0.5) is 40.1 Å². The lowest BCUT2D eigenvalue weighted by atomic mass is 9.90. The highest BCUT2D eigenvalue weighted by Gasteiger charge is 2.46. The van der Waals surface area contributed by atoms with Gasteiger partial charge in [0, 0.05) is 23.6 Å². The Morgan fingerprint density at radius 1 is 0.434 bits per heavy atom. The van der Waals surface area contributed by atoms with Crippen molar-refractivity contribution in [2.75, 3.05) is 14.7 Å². The van der Waals surface area contributed by atoms with E-state index in [-0.39, 0.29) is 23.7 Å². The van der Waals surface area contributed by atoms with Crippen LogP contribution >= 0.6 is 0 Å². The average Bonchev–Trinajstić information content (AvgIpc) is 3.50. The summed E-state index contributed by atoms with van der Waals surface area (Å²) in [5, 5.41) is 0. The third-order valence-corrected chi connectivity index (χ3v) is 10.5. The van der Waals surface area contributed by atoms with E-state index in [4.69, 9.17) is 14.7 Å². The van der Waals surface area contributed by atoms with Crippen molar-refractivity contribution in [3.8, 4) is 11.5 Å². The minimum Gasteiger partial charge on any atom is -0.453 e. The second-order valence-corrected chi connectivity index (χ2v) is 15.3. The van der Waals surface area contributed by atoms with Crippen molar-refractivity contribution in [1.29, 1.82) is 0 Å². The lowest BCUT2D eigenvalue weighted by molar-refractivity contribution is 0.477. The Kier molecular flexibility index (Phi) is 8.93. The summed E-state index contributed by atoms with van der Waals surface area (Å²) in [5.41, 5.74) is 11.7. The summed E-state index contributed by atoms with van der Waals surface area (Å²) in [6.45, 7) is 18.3. The van der Waals surface area contributed by atoms with Crippen molar-refractivity contribution in [3.05, 3.63) is 156 Å². The van der Waals surface area contributed by atoms with Gasteiger partial charge in [-0.1, -0.05) is 128 Å². The Labute approximate surface area is 314 Å². The van der Waals surface area contributed by atoms with E-state index in [0.717, 1.165) is 51.9 Å². The molecule has 267 valence electrons. The van der Waals surface area contributed by atoms with E-state index in [1.54, 1.807) is 0 Å². The Hall–Kier alpha value is -5.62. The van der Waals surface area contributed by atoms with Gasteiger partial charge in [0.1, 0.15) is 0 Å². The van der Waals surface area contributed by atoms with Gasteiger partial charge in [-0.05, 0) is 82.3 Å². The predicted octanol–water partition coefficient (Wildman–Crippen LogP) is 13.4. The number of anilines is 7. The van der Waals surface area contributed by atoms with E-state index in [0.29, 0.717) is 0 Å². The summed E-state index contributed by atoms with van der Waals surface area (Å²) in [5.74, 6) is 4.51. The van der Waals surface area contributed by atoms with E-state index in [1.807, 2.05) is 36.7 Å². The first kappa shape index (κ1) is 34.5. The quantitative estimate of drug-likeness (QED) is 0.157. The largest absolute Gasteiger partial charge is 0.453 e. The fourth-order valence-corrected chi connectivity index (χ4v) is 7.90. The molecule has 6 heteroatoms. The van der Waals surface area contributed by atoms with Gasteiger partial charge >= 0.3 is 0 Å². The molecule has 0 spiro atoms. The van der Waals surface area contributed by atoms with Gasteiger partial charge in [0.15, 0.2) is 29.3 Å². The summed E-state index contributed by atoms with van der Waals surface area (Å²) < 4.78 is 6.34. The maximum absolute atomic E-state index is 6.34. The molecule has 0 atom stereocenters. The lowest BCUT2D eigenvalue weighted by Crippen LogP contribution is -2.34. The van der Waals surface area contributed by atoms with Crippen LogP contribution in [0.1, 0.15) is 107 Å². The molecule has 0 saturated carbocycles. The first-order valence-electron chi connectivity index (χ1n) is 19.0. The van der Waals surface area contributed by atoms with Crippen LogP contribution in [0.5, 0.6) is 11.5 Å². The van der Waals surface area contributed by atoms with Crippen LogP contribution in [0, 0.1) is 6.17 Å². The number of benzene rings is 5. The molecule has 0 fully saturated rings. The van der Waals surface area contributed by atoms with Crippen molar-refractivity contribution in [1.82, 2.24) is 9.97 Å². The van der Waals surface area contributed by atoms with Crippen LogP contribution in [-0.4, -0.2) is 9.97 Å². The van der Waals surface area contributed by atoms with Crippen molar-refractivity contribution in [2.45, 2.75) is 79.1 Å². The highest BCUT2D eigenvalue weighted by molar-refractivity contribution is 5.93. The van der Waals surface area contributed by atoms with Crippen molar-refractivity contribution in [2.24, 2.45) is 0 Å². The first-order valence-corrected chi connectivity index (χ1v) is 19.0. The Morgan fingerprint density at radius 3 is 1.23 bits per heavy atom. The summed E-state index contributed by atoms with van der Waals surface area (Å²) in [6, 6.07) is 39.0. The molecule has 0 N–H and O–H groups in total. The van der Waals surface area contributed by atoms with Gasteiger partial charge in [0.25, 0.3) is 0 Å². The molecule has 1 aromatic heterocycles. The summed E-state index contributed by atoms with van der Waals surface area (Å²) in [4.78, 5) is 17.4. The average molecular weight is 699 g/mol. The number of hydrogen-bond acceptors (Lipinski definition) is 6. The topological polar surface area (TPSA) is 44.7 Å². The molecule has 1 radical (unpaired) electrons. The molecule has 0 bridgehead atoms. The van der Waals surface area contributed by atoms with Gasteiger partial charge in [0.05, 0.1) is 22.7 Å². The Bertz CT molecular complexity index is 2090. The Balaban J connectivity index is 1.39. The van der Waals surface area contributed by atoms with Gasteiger partial charge < -0.3 is 9.64 Å².